The first-order chi connectivity index (χ1) is 9.61. The Hall–Kier alpha value is -2.27. The van der Waals surface area contributed by atoms with E-state index in [1.165, 1.54) is 12.1 Å². The van der Waals surface area contributed by atoms with Crippen molar-refractivity contribution in [2.45, 2.75) is 0 Å². The Morgan fingerprint density at radius 1 is 1.15 bits per heavy atom. The topological polar surface area (TPSA) is 43.6 Å². The van der Waals surface area contributed by atoms with Gasteiger partial charge in [0.05, 0.1) is 11.9 Å². The zero-order valence-electron chi connectivity index (χ0n) is 10.6. The summed E-state index contributed by atoms with van der Waals surface area (Å²) >= 11 is 6.02. The van der Waals surface area contributed by atoms with Crippen LogP contribution in [0.25, 0.3) is 22.6 Å². The molecule has 0 aliphatic rings. The average Bonchev–Trinajstić information content (AvgIpc) is 2.85. The minimum absolute atomic E-state index is 0.304. The van der Waals surface area contributed by atoms with Crippen LogP contribution < -0.4 is 0 Å². The standard InChI is InChI=1S/C14H10ClFN4/c1-20-8-10(7-17-20)12-6-13(15)19-14(18-12)9-3-2-4-11(16)5-9/h2-8H,1H3. The Labute approximate surface area is 119 Å². The number of hydrogen-bond acceptors (Lipinski definition) is 3. The number of benzene rings is 1. The number of rotatable bonds is 2. The highest BCUT2D eigenvalue weighted by Crippen LogP contribution is 2.24. The molecule has 1 aromatic carbocycles. The molecule has 0 saturated heterocycles. The van der Waals surface area contributed by atoms with Crippen LogP contribution in [0.3, 0.4) is 0 Å². The second-order valence-corrected chi connectivity index (χ2v) is 4.70. The van der Waals surface area contributed by atoms with Crippen molar-refractivity contribution < 1.29 is 4.39 Å². The van der Waals surface area contributed by atoms with Gasteiger partial charge in [0, 0.05) is 30.4 Å². The molecule has 2 aromatic heterocycles. The van der Waals surface area contributed by atoms with Gasteiger partial charge in [0.2, 0.25) is 0 Å². The van der Waals surface area contributed by atoms with Crippen LogP contribution in [0.1, 0.15) is 0 Å². The molecule has 0 aliphatic carbocycles. The fourth-order valence-electron chi connectivity index (χ4n) is 1.88. The van der Waals surface area contributed by atoms with E-state index in [1.54, 1.807) is 29.1 Å². The third-order valence-electron chi connectivity index (χ3n) is 2.78. The Bertz CT molecular complexity index is 769. The van der Waals surface area contributed by atoms with Gasteiger partial charge in [-0.05, 0) is 12.1 Å². The summed E-state index contributed by atoms with van der Waals surface area (Å²) in [5.74, 6) is 0.0462. The van der Waals surface area contributed by atoms with Crippen LogP contribution in [0, 0.1) is 5.82 Å². The Morgan fingerprint density at radius 3 is 2.70 bits per heavy atom. The summed E-state index contributed by atoms with van der Waals surface area (Å²) in [4.78, 5) is 8.55. The molecular formula is C14H10ClFN4. The fourth-order valence-corrected chi connectivity index (χ4v) is 2.06. The number of aryl methyl sites for hydroxylation is 1. The first-order valence-electron chi connectivity index (χ1n) is 5.91. The molecule has 100 valence electrons. The van der Waals surface area contributed by atoms with Crippen molar-refractivity contribution in [2.24, 2.45) is 7.05 Å². The molecule has 0 amide bonds. The van der Waals surface area contributed by atoms with Gasteiger partial charge in [-0.1, -0.05) is 23.7 Å². The van der Waals surface area contributed by atoms with Crippen LogP contribution in [-0.4, -0.2) is 19.7 Å². The summed E-state index contributed by atoms with van der Waals surface area (Å²) in [7, 11) is 1.82. The zero-order chi connectivity index (χ0) is 14.1. The van der Waals surface area contributed by atoms with E-state index in [-0.39, 0.29) is 5.82 Å². The van der Waals surface area contributed by atoms with Gasteiger partial charge in [-0.25, -0.2) is 14.4 Å². The van der Waals surface area contributed by atoms with Crippen LogP contribution >= 0.6 is 11.6 Å². The molecule has 0 radical (unpaired) electrons. The van der Waals surface area contributed by atoms with E-state index in [9.17, 15) is 4.39 Å². The SMILES string of the molecule is Cn1cc(-c2cc(Cl)nc(-c3cccc(F)c3)n2)cn1. The highest BCUT2D eigenvalue weighted by atomic mass is 35.5. The molecule has 0 unspecified atom stereocenters. The minimum Gasteiger partial charge on any atom is -0.275 e. The molecule has 0 saturated carbocycles. The molecular weight excluding hydrogens is 279 g/mol. The number of hydrogen-bond donors (Lipinski definition) is 0. The quantitative estimate of drug-likeness (QED) is 0.679. The van der Waals surface area contributed by atoms with Crippen molar-refractivity contribution >= 4 is 11.6 Å². The lowest BCUT2D eigenvalue weighted by Gasteiger charge is -2.04. The van der Waals surface area contributed by atoms with Crippen LogP contribution in [0.15, 0.2) is 42.7 Å². The lowest BCUT2D eigenvalue weighted by Crippen LogP contribution is -1.93. The second-order valence-electron chi connectivity index (χ2n) is 4.31. The van der Waals surface area contributed by atoms with E-state index < -0.39 is 0 Å². The van der Waals surface area contributed by atoms with Gasteiger partial charge in [-0.2, -0.15) is 5.10 Å². The normalized spacial score (nSPS) is 10.8. The highest BCUT2D eigenvalue weighted by molar-refractivity contribution is 6.29. The van der Waals surface area contributed by atoms with E-state index in [4.69, 9.17) is 11.6 Å². The maximum absolute atomic E-state index is 13.3. The van der Waals surface area contributed by atoms with E-state index in [0.29, 0.717) is 22.2 Å². The van der Waals surface area contributed by atoms with Gasteiger partial charge in [-0.3, -0.25) is 4.68 Å². The van der Waals surface area contributed by atoms with Crippen molar-refractivity contribution in [1.82, 2.24) is 19.7 Å². The largest absolute Gasteiger partial charge is 0.275 e. The van der Waals surface area contributed by atoms with Crippen LogP contribution in [0.2, 0.25) is 5.15 Å². The number of halogens is 2. The fraction of sp³-hybridized carbons (Fsp3) is 0.0714. The highest BCUT2D eigenvalue weighted by Gasteiger charge is 2.09. The maximum Gasteiger partial charge on any atom is 0.161 e. The molecule has 4 nitrogen and oxygen atoms in total. The molecule has 2 heterocycles. The Morgan fingerprint density at radius 2 is 2.00 bits per heavy atom. The van der Waals surface area contributed by atoms with Gasteiger partial charge >= 0.3 is 0 Å². The molecule has 0 N–H and O–H groups in total. The monoisotopic (exact) mass is 288 g/mol. The second kappa shape index (κ2) is 5.02. The predicted molar refractivity (Wildman–Crippen MR) is 74.6 cm³/mol. The Kier molecular flexibility index (Phi) is 3.20. The Balaban J connectivity index is 2.11. The van der Waals surface area contributed by atoms with Gasteiger partial charge in [0.25, 0.3) is 0 Å². The molecule has 0 aliphatic heterocycles. The van der Waals surface area contributed by atoms with Crippen molar-refractivity contribution in [1.29, 1.82) is 0 Å². The molecule has 3 rings (SSSR count). The third kappa shape index (κ3) is 2.53. The van der Waals surface area contributed by atoms with Crippen molar-refractivity contribution in [2.75, 3.05) is 0 Å². The van der Waals surface area contributed by atoms with Crippen molar-refractivity contribution in [3.05, 3.63) is 53.7 Å². The van der Waals surface area contributed by atoms with Crippen molar-refractivity contribution in [3.63, 3.8) is 0 Å². The number of aromatic nitrogens is 4. The summed E-state index contributed by atoms with van der Waals surface area (Å²) in [5.41, 5.74) is 2.06. The molecule has 0 atom stereocenters. The van der Waals surface area contributed by atoms with Crippen molar-refractivity contribution in [3.8, 4) is 22.6 Å². The lowest BCUT2D eigenvalue weighted by atomic mass is 10.2. The molecule has 0 bridgehead atoms. The first kappa shape index (κ1) is 12.7. The van der Waals surface area contributed by atoms with Gasteiger partial charge < -0.3 is 0 Å². The molecule has 20 heavy (non-hydrogen) atoms. The van der Waals surface area contributed by atoms with E-state index in [0.717, 1.165) is 5.56 Å². The lowest BCUT2D eigenvalue weighted by molar-refractivity contribution is 0.628. The summed E-state index contributed by atoms with van der Waals surface area (Å²) in [6, 6.07) is 7.75. The van der Waals surface area contributed by atoms with E-state index in [1.807, 2.05) is 13.2 Å². The van der Waals surface area contributed by atoms with Gasteiger partial charge in [-0.15, -0.1) is 0 Å². The summed E-state index contributed by atoms with van der Waals surface area (Å²) in [6.07, 6.45) is 3.52. The molecule has 6 heteroatoms. The summed E-state index contributed by atoms with van der Waals surface area (Å²) in [5, 5.41) is 4.40. The number of nitrogens with zero attached hydrogens (tertiary/aromatic N) is 4. The van der Waals surface area contributed by atoms with Crippen LogP contribution in [-0.2, 0) is 7.05 Å². The predicted octanol–water partition coefficient (Wildman–Crippen LogP) is 3.34. The average molecular weight is 289 g/mol. The molecule has 0 spiro atoms. The van der Waals surface area contributed by atoms with Gasteiger partial charge in [0.15, 0.2) is 5.82 Å². The smallest absolute Gasteiger partial charge is 0.161 e. The maximum atomic E-state index is 13.3. The van der Waals surface area contributed by atoms with Crippen LogP contribution in [0.5, 0.6) is 0 Å². The third-order valence-corrected chi connectivity index (χ3v) is 2.97. The summed E-state index contributed by atoms with van der Waals surface area (Å²) < 4.78 is 15.0. The first-order valence-corrected chi connectivity index (χ1v) is 6.29. The zero-order valence-corrected chi connectivity index (χ0v) is 11.3. The minimum atomic E-state index is -0.339. The van der Waals surface area contributed by atoms with Crippen LogP contribution in [0.4, 0.5) is 4.39 Å². The van der Waals surface area contributed by atoms with E-state index in [2.05, 4.69) is 15.1 Å². The molecule has 0 fully saturated rings. The van der Waals surface area contributed by atoms with Gasteiger partial charge in [0.1, 0.15) is 11.0 Å². The molecule has 3 aromatic rings. The summed E-state index contributed by atoms with van der Waals surface area (Å²) in [6.45, 7) is 0. The van der Waals surface area contributed by atoms with E-state index >= 15 is 0 Å².